The van der Waals surface area contributed by atoms with Gasteiger partial charge in [-0.2, -0.15) is 0 Å². The van der Waals surface area contributed by atoms with E-state index < -0.39 is 0 Å². The molecule has 5 rings (SSSR count). The molecule has 7 heteroatoms. The average molecular weight is 516 g/mol. The second-order valence-electron chi connectivity index (χ2n) is 10.3. The minimum atomic E-state index is -0.146. The van der Waals surface area contributed by atoms with E-state index in [9.17, 15) is 9.59 Å². The van der Waals surface area contributed by atoms with Crippen molar-refractivity contribution in [1.29, 1.82) is 0 Å². The number of carbonyl (C=O) groups is 2. The van der Waals surface area contributed by atoms with E-state index in [1.165, 1.54) is 17.4 Å². The van der Waals surface area contributed by atoms with Gasteiger partial charge in [0.1, 0.15) is 12.0 Å². The maximum atomic E-state index is 13.7. The fourth-order valence-corrected chi connectivity index (χ4v) is 5.82. The number of nitrogens with zero attached hydrogens (tertiary/aromatic N) is 3. The highest BCUT2D eigenvalue weighted by atomic mass is 16.5. The molecule has 7 nitrogen and oxygen atoms in total. The first-order chi connectivity index (χ1) is 18.5. The van der Waals surface area contributed by atoms with E-state index in [0.717, 1.165) is 49.8 Å². The number of rotatable bonds is 8. The summed E-state index contributed by atoms with van der Waals surface area (Å²) in [4.78, 5) is 34.4. The van der Waals surface area contributed by atoms with Gasteiger partial charge in [0, 0.05) is 25.6 Å². The highest BCUT2D eigenvalue weighted by Crippen LogP contribution is 2.40. The van der Waals surface area contributed by atoms with Gasteiger partial charge in [-0.1, -0.05) is 48.7 Å². The Morgan fingerprint density at radius 1 is 1.11 bits per heavy atom. The normalized spacial score (nSPS) is 17.3. The van der Waals surface area contributed by atoms with Crippen LogP contribution in [-0.4, -0.2) is 46.2 Å². The summed E-state index contributed by atoms with van der Waals surface area (Å²) in [6.07, 6.45) is 6.47. The molecule has 38 heavy (non-hydrogen) atoms. The summed E-state index contributed by atoms with van der Waals surface area (Å²) in [5.41, 5.74) is 4.94. The summed E-state index contributed by atoms with van der Waals surface area (Å²) in [5.74, 6) is 1.29. The van der Waals surface area contributed by atoms with Crippen LogP contribution >= 0.6 is 0 Å². The number of benzene rings is 2. The topological polar surface area (TPSA) is 75.9 Å². The average Bonchev–Trinajstić information content (AvgIpc) is 3.64. The lowest BCUT2D eigenvalue weighted by molar-refractivity contribution is -0.137. The molecule has 3 aromatic rings. The molecule has 1 atom stereocenters. The highest BCUT2D eigenvalue weighted by molar-refractivity contribution is 5.91. The third-order valence-corrected chi connectivity index (χ3v) is 7.87. The molecule has 2 heterocycles. The number of hydrogen-bond donors (Lipinski definition) is 0. The summed E-state index contributed by atoms with van der Waals surface area (Å²) in [6.45, 7) is 8.04. The summed E-state index contributed by atoms with van der Waals surface area (Å²) < 4.78 is 11.6. The Morgan fingerprint density at radius 2 is 1.89 bits per heavy atom. The van der Waals surface area contributed by atoms with E-state index in [-0.39, 0.29) is 30.4 Å². The van der Waals surface area contributed by atoms with E-state index in [0.29, 0.717) is 30.4 Å². The monoisotopic (exact) mass is 515 g/mol. The lowest BCUT2D eigenvalue weighted by atomic mass is 9.86. The molecule has 2 aromatic carbocycles. The van der Waals surface area contributed by atoms with Crippen molar-refractivity contribution in [2.24, 2.45) is 5.92 Å². The number of fused-ring (bicyclic) bond motifs is 1. The largest absolute Gasteiger partial charge is 0.484 e. The van der Waals surface area contributed by atoms with Gasteiger partial charge < -0.3 is 19.0 Å². The minimum Gasteiger partial charge on any atom is -0.484 e. The molecule has 200 valence electrons. The molecule has 2 amide bonds. The Kier molecular flexibility index (Phi) is 7.82. The van der Waals surface area contributed by atoms with Crippen molar-refractivity contribution < 1.29 is 18.7 Å². The molecular formula is C31H37N3O4. The zero-order chi connectivity index (χ0) is 26.6. The van der Waals surface area contributed by atoms with Crippen molar-refractivity contribution in [3.05, 3.63) is 82.6 Å². The number of amides is 2. The molecule has 1 aliphatic heterocycles. The first kappa shape index (κ1) is 26.0. The van der Waals surface area contributed by atoms with Gasteiger partial charge in [0.05, 0.1) is 6.04 Å². The first-order valence-electron chi connectivity index (χ1n) is 13.8. The zero-order valence-electron chi connectivity index (χ0n) is 22.6. The van der Waals surface area contributed by atoms with E-state index >= 15 is 0 Å². The smallest absolute Gasteiger partial charge is 0.275 e. The van der Waals surface area contributed by atoms with Crippen molar-refractivity contribution in [1.82, 2.24) is 14.8 Å². The van der Waals surface area contributed by atoms with Crippen molar-refractivity contribution in [3.63, 3.8) is 0 Å². The predicted molar refractivity (Wildman–Crippen MR) is 145 cm³/mol. The molecule has 0 bridgehead atoms. The summed E-state index contributed by atoms with van der Waals surface area (Å²) in [6, 6.07) is 14.4. The van der Waals surface area contributed by atoms with Gasteiger partial charge in [-0.05, 0) is 68.9 Å². The van der Waals surface area contributed by atoms with Gasteiger partial charge in [0.25, 0.3) is 5.91 Å². The van der Waals surface area contributed by atoms with Crippen molar-refractivity contribution >= 4 is 11.8 Å². The lowest BCUT2D eigenvalue weighted by Gasteiger charge is -2.39. The molecule has 1 fully saturated rings. The van der Waals surface area contributed by atoms with E-state index in [1.54, 1.807) is 4.90 Å². The number of oxazole rings is 1. The van der Waals surface area contributed by atoms with Crippen molar-refractivity contribution in [3.8, 4) is 5.75 Å². The number of hydrogen-bond acceptors (Lipinski definition) is 5. The molecular weight excluding hydrogens is 478 g/mol. The van der Waals surface area contributed by atoms with Crippen molar-refractivity contribution in [2.45, 2.75) is 65.5 Å². The van der Waals surface area contributed by atoms with E-state index in [4.69, 9.17) is 9.15 Å². The van der Waals surface area contributed by atoms with Gasteiger partial charge in [-0.3, -0.25) is 9.59 Å². The third-order valence-electron chi connectivity index (χ3n) is 7.87. The SMILES string of the molecule is CCN(CC)C(=O)c1coc(COc2ccc3c(c2)C(c2cccc(C)c2)N(C(=O)C2CCCC2)CC3)n1. The molecule has 1 aromatic heterocycles. The lowest BCUT2D eigenvalue weighted by Crippen LogP contribution is -2.43. The van der Waals surface area contributed by atoms with Crippen molar-refractivity contribution in [2.75, 3.05) is 19.6 Å². The second-order valence-corrected chi connectivity index (χ2v) is 10.3. The first-order valence-corrected chi connectivity index (χ1v) is 13.8. The zero-order valence-corrected chi connectivity index (χ0v) is 22.6. The number of carbonyl (C=O) groups excluding carboxylic acids is 2. The highest BCUT2D eigenvalue weighted by Gasteiger charge is 2.36. The summed E-state index contributed by atoms with van der Waals surface area (Å²) in [5, 5.41) is 0. The molecule has 0 radical (unpaired) electrons. The Labute approximate surface area is 224 Å². The van der Waals surface area contributed by atoms with Gasteiger partial charge >= 0.3 is 0 Å². The molecule has 1 saturated carbocycles. The summed E-state index contributed by atoms with van der Waals surface area (Å²) >= 11 is 0. The fourth-order valence-electron chi connectivity index (χ4n) is 5.82. The van der Waals surface area contributed by atoms with Crippen LogP contribution in [-0.2, 0) is 17.8 Å². The predicted octanol–water partition coefficient (Wildman–Crippen LogP) is 5.71. The minimum absolute atomic E-state index is 0.115. The standard InChI is InChI=1S/C31H37N3O4/c1-4-33(5-2)31(36)27-19-38-28(32-27)20-37-25-14-13-22-15-16-34(30(35)23-10-6-7-11-23)29(26(22)18-25)24-12-8-9-21(3)17-24/h8-9,12-14,17-19,23,29H,4-7,10-11,15-16,20H2,1-3H3. The Balaban J connectivity index is 1.39. The van der Waals surface area contributed by atoms with E-state index in [2.05, 4.69) is 53.2 Å². The summed E-state index contributed by atoms with van der Waals surface area (Å²) in [7, 11) is 0. The number of ether oxygens (including phenoxy) is 1. The van der Waals surface area contributed by atoms with Crippen LogP contribution in [0.5, 0.6) is 5.75 Å². The number of aromatic nitrogens is 1. The van der Waals surface area contributed by atoms with Gasteiger partial charge in [-0.25, -0.2) is 4.98 Å². The van der Waals surface area contributed by atoms with Crippen LogP contribution in [0, 0.1) is 12.8 Å². The van der Waals surface area contributed by atoms with Gasteiger partial charge in [0.15, 0.2) is 12.3 Å². The molecule has 1 aliphatic carbocycles. The van der Waals surface area contributed by atoms with Crippen LogP contribution in [0.3, 0.4) is 0 Å². The van der Waals surface area contributed by atoms with Crippen LogP contribution in [0.25, 0.3) is 0 Å². The molecule has 1 unspecified atom stereocenters. The quantitative estimate of drug-likeness (QED) is 0.384. The molecule has 0 N–H and O–H groups in total. The molecule has 2 aliphatic rings. The van der Waals surface area contributed by atoms with Crippen LogP contribution in [0.4, 0.5) is 0 Å². The Bertz CT molecular complexity index is 1290. The Morgan fingerprint density at radius 3 is 2.63 bits per heavy atom. The molecule has 0 saturated heterocycles. The maximum absolute atomic E-state index is 13.7. The van der Waals surface area contributed by atoms with Crippen LogP contribution in [0.1, 0.15) is 84.2 Å². The second kappa shape index (κ2) is 11.4. The fraction of sp³-hybridized carbons (Fsp3) is 0.452. The third kappa shape index (κ3) is 5.33. The van der Waals surface area contributed by atoms with Gasteiger partial charge in [0.2, 0.25) is 11.8 Å². The van der Waals surface area contributed by atoms with E-state index in [1.807, 2.05) is 19.9 Å². The Hall–Kier alpha value is -3.61. The molecule has 0 spiro atoms. The van der Waals surface area contributed by atoms with Crippen LogP contribution in [0.2, 0.25) is 0 Å². The van der Waals surface area contributed by atoms with Gasteiger partial charge in [-0.15, -0.1) is 0 Å². The maximum Gasteiger partial charge on any atom is 0.275 e. The van der Waals surface area contributed by atoms with Crippen LogP contribution in [0.15, 0.2) is 53.1 Å². The number of aryl methyl sites for hydroxylation is 1. The van der Waals surface area contributed by atoms with Crippen LogP contribution < -0.4 is 4.74 Å².